The molecule has 0 amide bonds. The summed E-state index contributed by atoms with van der Waals surface area (Å²) in [5.41, 5.74) is 5.14. The summed E-state index contributed by atoms with van der Waals surface area (Å²) in [6.07, 6.45) is 1.14. The molecule has 3 rings (SSSR count). The summed E-state index contributed by atoms with van der Waals surface area (Å²) < 4.78 is 2.69. The maximum absolute atomic E-state index is 5.46. The molecule has 0 saturated carbocycles. The van der Waals surface area contributed by atoms with Crippen molar-refractivity contribution in [2.75, 3.05) is 0 Å². The fourth-order valence-corrected chi connectivity index (χ4v) is 4.18. The molecule has 5 heteroatoms. The third-order valence-electron chi connectivity index (χ3n) is 4.82. The molecular weight excluding hydrogens is 358 g/mol. The van der Waals surface area contributed by atoms with Gasteiger partial charge in [-0.25, -0.2) is 0 Å². The number of H-pyrrole nitrogens is 1. The van der Waals surface area contributed by atoms with Crippen LogP contribution in [0.1, 0.15) is 48.7 Å². The van der Waals surface area contributed by atoms with E-state index in [1.165, 1.54) is 16.7 Å². The average Bonchev–Trinajstić information content (AvgIpc) is 3.03. The van der Waals surface area contributed by atoms with Crippen molar-refractivity contribution in [3.63, 3.8) is 0 Å². The van der Waals surface area contributed by atoms with E-state index in [0.717, 1.165) is 29.4 Å². The van der Waals surface area contributed by atoms with E-state index in [0.29, 0.717) is 10.7 Å². The third-order valence-corrected chi connectivity index (χ3v) is 6.08. The summed E-state index contributed by atoms with van der Waals surface area (Å²) in [5, 5.41) is 7.39. The summed E-state index contributed by atoms with van der Waals surface area (Å²) in [6, 6.07) is 17.2. The van der Waals surface area contributed by atoms with E-state index in [1.807, 2.05) is 16.3 Å². The molecule has 0 aliphatic heterocycles. The molecular formula is C21H25N3S2. The molecule has 1 unspecified atom stereocenters. The van der Waals surface area contributed by atoms with Gasteiger partial charge in [0.15, 0.2) is 4.77 Å². The van der Waals surface area contributed by atoms with Gasteiger partial charge in [0, 0.05) is 11.4 Å². The molecule has 0 fully saturated rings. The van der Waals surface area contributed by atoms with Gasteiger partial charge in [-0.2, -0.15) is 5.10 Å². The Morgan fingerprint density at radius 1 is 1.12 bits per heavy atom. The zero-order valence-corrected chi connectivity index (χ0v) is 17.2. The van der Waals surface area contributed by atoms with Gasteiger partial charge in [-0.05, 0) is 60.3 Å². The van der Waals surface area contributed by atoms with Crippen LogP contribution in [0.15, 0.2) is 48.5 Å². The molecule has 26 heavy (non-hydrogen) atoms. The maximum Gasteiger partial charge on any atom is 0.199 e. The van der Waals surface area contributed by atoms with Gasteiger partial charge in [0.05, 0.1) is 5.75 Å². The molecule has 2 aromatic carbocycles. The second kappa shape index (κ2) is 8.69. The van der Waals surface area contributed by atoms with Crippen molar-refractivity contribution in [3.8, 4) is 5.69 Å². The van der Waals surface area contributed by atoms with Gasteiger partial charge in [-0.3, -0.25) is 9.67 Å². The Labute approximate surface area is 164 Å². The van der Waals surface area contributed by atoms with Crippen LogP contribution in [0.2, 0.25) is 0 Å². The normalized spacial score (nSPS) is 12.3. The van der Waals surface area contributed by atoms with Gasteiger partial charge in [0.2, 0.25) is 0 Å². The Morgan fingerprint density at radius 2 is 1.85 bits per heavy atom. The Kier molecular flexibility index (Phi) is 6.33. The van der Waals surface area contributed by atoms with Gasteiger partial charge in [-0.1, -0.05) is 50.2 Å². The number of aryl methyl sites for hydroxylation is 1. The maximum atomic E-state index is 5.46. The van der Waals surface area contributed by atoms with Crippen molar-refractivity contribution in [2.45, 2.75) is 44.6 Å². The highest BCUT2D eigenvalue weighted by Gasteiger charge is 2.10. The number of hydrogen-bond donors (Lipinski definition) is 1. The lowest BCUT2D eigenvalue weighted by Gasteiger charge is -2.11. The van der Waals surface area contributed by atoms with E-state index < -0.39 is 0 Å². The molecule has 0 bridgehead atoms. The van der Waals surface area contributed by atoms with E-state index in [9.17, 15) is 0 Å². The summed E-state index contributed by atoms with van der Waals surface area (Å²) in [6.45, 7) is 6.63. The first kappa shape index (κ1) is 18.9. The SMILES string of the molecule is CCC(C)c1ccc(-n2c(CSCc3ccccc3C)n[nH]c2=S)cc1. The third kappa shape index (κ3) is 4.27. The molecule has 3 aromatic rings. The van der Waals surface area contributed by atoms with Crippen LogP contribution in [0.4, 0.5) is 0 Å². The number of thioether (sulfide) groups is 1. The van der Waals surface area contributed by atoms with Gasteiger partial charge in [0.1, 0.15) is 5.82 Å². The van der Waals surface area contributed by atoms with Crippen LogP contribution in [0.5, 0.6) is 0 Å². The second-order valence-corrected chi connectivity index (χ2v) is 7.97. The van der Waals surface area contributed by atoms with E-state index in [2.05, 4.69) is 79.5 Å². The Bertz CT molecular complexity index is 910. The first-order valence-electron chi connectivity index (χ1n) is 8.99. The largest absolute Gasteiger partial charge is 0.271 e. The van der Waals surface area contributed by atoms with Crippen molar-refractivity contribution in [1.29, 1.82) is 0 Å². The van der Waals surface area contributed by atoms with Crippen LogP contribution in [-0.2, 0) is 11.5 Å². The average molecular weight is 384 g/mol. The lowest BCUT2D eigenvalue weighted by molar-refractivity contribution is 0.733. The molecule has 1 N–H and O–H groups in total. The van der Waals surface area contributed by atoms with Gasteiger partial charge < -0.3 is 0 Å². The van der Waals surface area contributed by atoms with Crippen molar-refractivity contribution in [1.82, 2.24) is 14.8 Å². The second-order valence-electron chi connectivity index (χ2n) is 6.60. The first-order chi connectivity index (χ1) is 12.6. The minimum absolute atomic E-state index is 0.575. The Morgan fingerprint density at radius 3 is 2.54 bits per heavy atom. The van der Waals surface area contributed by atoms with Crippen LogP contribution in [0.25, 0.3) is 5.69 Å². The van der Waals surface area contributed by atoms with Crippen molar-refractivity contribution < 1.29 is 0 Å². The Hall–Kier alpha value is -1.85. The van der Waals surface area contributed by atoms with Crippen LogP contribution in [-0.4, -0.2) is 14.8 Å². The highest BCUT2D eigenvalue weighted by Crippen LogP contribution is 2.23. The summed E-state index contributed by atoms with van der Waals surface area (Å²) >= 11 is 7.32. The van der Waals surface area contributed by atoms with Crippen LogP contribution >= 0.6 is 24.0 Å². The molecule has 0 aliphatic carbocycles. The predicted molar refractivity (Wildman–Crippen MR) is 114 cm³/mol. The molecule has 0 spiro atoms. The lowest BCUT2D eigenvalue weighted by Crippen LogP contribution is -2.01. The first-order valence-corrected chi connectivity index (χ1v) is 10.5. The number of nitrogens with one attached hydrogen (secondary N) is 1. The number of rotatable bonds is 7. The van der Waals surface area contributed by atoms with Crippen molar-refractivity contribution in [3.05, 3.63) is 75.8 Å². The van der Waals surface area contributed by atoms with E-state index in [1.54, 1.807) is 0 Å². The molecule has 1 heterocycles. The molecule has 3 nitrogen and oxygen atoms in total. The van der Waals surface area contributed by atoms with E-state index in [-0.39, 0.29) is 0 Å². The smallest absolute Gasteiger partial charge is 0.199 e. The molecule has 0 saturated heterocycles. The number of nitrogens with zero attached hydrogens (tertiary/aromatic N) is 2. The fraction of sp³-hybridized carbons (Fsp3) is 0.333. The van der Waals surface area contributed by atoms with Crippen molar-refractivity contribution in [2.24, 2.45) is 0 Å². The Balaban J connectivity index is 1.75. The summed E-state index contributed by atoms with van der Waals surface area (Å²) in [4.78, 5) is 0. The minimum atomic E-state index is 0.575. The fourth-order valence-electron chi connectivity index (χ4n) is 2.90. The molecule has 1 atom stereocenters. The number of aromatic nitrogens is 3. The van der Waals surface area contributed by atoms with Crippen LogP contribution in [0.3, 0.4) is 0 Å². The summed E-state index contributed by atoms with van der Waals surface area (Å²) in [5.74, 6) is 3.32. The highest BCUT2D eigenvalue weighted by molar-refractivity contribution is 7.97. The van der Waals surface area contributed by atoms with Gasteiger partial charge >= 0.3 is 0 Å². The van der Waals surface area contributed by atoms with Gasteiger partial charge in [-0.15, -0.1) is 11.8 Å². The lowest BCUT2D eigenvalue weighted by atomic mass is 9.99. The predicted octanol–water partition coefficient (Wildman–Crippen LogP) is 6.19. The molecule has 1 aromatic heterocycles. The molecule has 0 aliphatic rings. The van der Waals surface area contributed by atoms with Crippen molar-refractivity contribution >= 4 is 24.0 Å². The van der Waals surface area contributed by atoms with Crippen LogP contribution < -0.4 is 0 Å². The number of benzene rings is 2. The molecule has 0 radical (unpaired) electrons. The number of hydrogen-bond acceptors (Lipinski definition) is 3. The van der Waals surface area contributed by atoms with Gasteiger partial charge in [0.25, 0.3) is 0 Å². The van der Waals surface area contributed by atoms with E-state index >= 15 is 0 Å². The standard InChI is InChI=1S/C21H25N3S2/c1-4-15(2)17-9-11-19(12-10-17)24-20(22-23-21(24)25)14-26-13-18-8-6-5-7-16(18)3/h5-12,15H,4,13-14H2,1-3H3,(H,23,25). The topological polar surface area (TPSA) is 33.6 Å². The minimum Gasteiger partial charge on any atom is -0.271 e. The highest BCUT2D eigenvalue weighted by atomic mass is 32.2. The van der Waals surface area contributed by atoms with E-state index in [4.69, 9.17) is 12.2 Å². The quantitative estimate of drug-likeness (QED) is 0.494. The zero-order chi connectivity index (χ0) is 18.5. The number of aromatic amines is 1. The zero-order valence-electron chi connectivity index (χ0n) is 15.5. The van der Waals surface area contributed by atoms with Crippen LogP contribution in [0, 0.1) is 11.7 Å². The summed E-state index contributed by atoms with van der Waals surface area (Å²) in [7, 11) is 0. The molecule has 136 valence electrons. The monoisotopic (exact) mass is 383 g/mol.